The molecule has 0 unspecified atom stereocenters. The molecule has 16 heterocycles. The average Bonchev–Trinajstić information content (AvgIpc) is 1.74. The summed E-state index contributed by atoms with van der Waals surface area (Å²) in [5, 5.41) is 35.5. The van der Waals surface area contributed by atoms with Crippen LogP contribution in [0.5, 0.6) is 11.8 Å². The molecule has 42 heteroatoms. The van der Waals surface area contributed by atoms with E-state index < -0.39 is 0 Å². The van der Waals surface area contributed by atoms with Crippen molar-refractivity contribution in [3.8, 4) is 11.8 Å². The van der Waals surface area contributed by atoms with Crippen molar-refractivity contribution in [2.75, 3.05) is 45.9 Å². The predicted molar refractivity (Wildman–Crippen MR) is 564 cm³/mol. The van der Waals surface area contributed by atoms with Gasteiger partial charge >= 0.3 is 0 Å². The topological polar surface area (TPSA) is 575 Å². The fourth-order valence-corrected chi connectivity index (χ4v) is 15.1. The van der Waals surface area contributed by atoms with Crippen molar-refractivity contribution >= 4 is 46.5 Å². The molecule has 0 fully saturated rings. The molecule has 0 atom stereocenters. The van der Waals surface area contributed by atoms with Crippen molar-refractivity contribution in [1.82, 2.24) is 158 Å². The van der Waals surface area contributed by atoms with Crippen LogP contribution in [0.15, 0.2) is 98.1 Å². The third-order valence-electron chi connectivity index (χ3n) is 22.4. The summed E-state index contributed by atoms with van der Waals surface area (Å²) in [6.07, 6.45) is 22.9. The van der Waals surface area contributed by atoms with Gasteiger partial charge in [0.15, 0.2) is 0 Å². The molecule has 16 rings (SSSR count). The monoisotopic (exact) mass is 1970 g/mol. The van der Waals surface area contributed by atoms with Gasteiger partial charge in [0.2, 0.25) is 11.8 Å². The second kappa shape index (κ2) is 52.7. The van der Waals surface area contributed by atoms with E-state index in [1.807, 2.05) is 178 Å². The SMILES string of the molecule is CCc1cc(Cc2cnc(C)nc2N)n(C(C)C)n1.CCc1cc(Cc2cnc(C)nc2N)n(C)n1.CCc1cc(Cc2cnc(C)nc2N)n(CC)n1.CCn1nc(C)cc1Cc1cnc(C)nc1N.CCn1nc(OC(C)C)cc1Cc1cnc(C)nc1N.Cc1cc(Cc2cnc(C)nc2N)n(C(C)C)n1.Cc1cc(Cc2cnc(C)nc2N)n(C)n1.Cc1ncc(Cc2cc(OC(C)C)nn2C)c(N)n1. The Morgan fingerprint density at radius 2 is 0.465 bits per heavy atom. The number of anilines is 8. The minimum Gasteiger partial charge on any atom is -0.474 e. The number of aromatic nitrogens is 32. The molecule has 768 valence electrons. The highest BCUT2D eigenvalue weighted by Gasteiger charge is 2.21. The quantitative estimate of drug-likeness (QED) is 0.0226. The van der Waals surface area contributed by atoms with Gasteiger partial charge < -0.3 is 55.3 Å². The fraction of sp³-hybridized carbons (Fsp3) is 0.451. The largest absolute Gasteiger partial charge is 0.474 e. The lowest BCUT2D eigenvalue weighted by molar-refractivity contribution is 0.230. The molecule has 0 amide bonds. The summed E-state index contributed by atoms with van der Waals surface area (Å²) in [6, 6.07) is 17.1. The maximum Gasteiger partial charge on any atom is 0.233 e. The molecular weight excluding hydrogens is 1820 g/mol. The van der Waals surface area contributed by atoms with E-state index in [-0.39, 0.29) is 12.2 Å². The van der Waals surface area contributed by atoms with E-state index in [0.29, 0.717) is 143 Å². The molecule has 0 aliphatic carbocycles. The van der Waals surface area contributed by atoms with Crippen molar-refractivity contribution in [3.05, 3.63) is 269 Å². The lowest BCUT2D eigenvalue weighted by atomic mass is 10.1. The summed E-state index contributed by atoms with van der Waals surface area (Å²) in [4.78, 5) is 66.9. The molecule has 0 spiro atoms. The number of nitrogen functional groups attached to an aromatic ring is 8. The maximum absolute atomic E-state index is 5.95. The Balaban J connectivity index is 0.000000183. The Morgan fingerprint density at radius 3 is 0.785 bits per heavy atom. The van der Waals surface area contributed by atoms with Crippen LogP contribution in [0.25, 0.3) is 0 Å². The zero-order valence-corrected chi connectivity index (χ0v) is 89.2. The highest BCUT2D eigenvalue weighted by atomic mass is 16.5. The van der Waals surface area contributed by atoms with Crippen molar-refractivity contribution in [1.29, 1.82) is 0 Å². The molecule has 0 saturated carbocycles. The van der Waals surface area contributed by atoms with Crippen molar-refractivity contribution in [2.24, 2.45) is 21.1 Å². The van der Waals surface area contributed by atoms with Gasteiger partial charge in [0.1, 0.15) is 93.1 Å². The third kappa shape index (κ3) is 33.2. The van der Waals surface area contributed by atoms with E-state index in [1.165, 1.54) is 0 Å². The van der Waals surface area contributed by atoms with Crippen LogP contribution >= 0.6 is 0 Å². The van der Waals surface area contributed by atoms with Crippen LogP contribution in [-0.2, 0) is 111 Å². The number of rotatable bonds is 28. The fourth-order valence-electron chi connectivity index (χ4n) is 15.1. The maximum atomic E-state index is 5.95. The summed E-state index contributed by atoms with van der Waals surface area (Å²) in [5.74, 6) is 11.2. The van der Waals surface area contributed by atoms with Gasteiger partial charge in [-0.3, -0.25) is 37.5 Å². The Labute approximate surface area is 844 Å². The van der Waals surface area contributed by atoms with Crippen molar-refractivity contribution in [3.63, 3.8) is 0 Å². The molecular formula is C102H148N40O2. The first-order valence-electron chi connectivity index (χ1n) is 48.6. The second-order valence-electron chi connectivity index (χ2n) is 36.0. The molecule has 0 aliphatic heterocycles. The third-order valence-corrected chi connectivity index (χ3v) is 22.4. The van der Waals surface area contributed by atoms with Crippen LogP contribution in [0.2, 0.25) is 0 Å². The highest BCUT2D eigenvalue weighted by Crippen LogP contribution is 2.27. The Kier molecular flexibility index (Phi) is 41.0. The van der Waals surface area contributed by atoms with Gasteiger partial charge in [-0.2, -0.15) is 30.6 Å². The summed E-state index contributed by atoms with van der Waals surface area (Å²) >= 11 is 0. The molecule has 0 aromatic carbocycles. The van der Waals surface area contributed by atoms with E-state index in [2.05, 4.69) is 218 Å². The summed E-state index contributed by atoms with van der Waals surface area (Å²) < 4.78 is 26.7. The summed E-state index contributed by atoms with van der Waals surface area (Å²) in [6.45, 7) is 52.0. The Morgan fingerprint density at radius 1 is 0.243 bits per heavy atom. The first-order valence-corrected chi connectivity index (χ1v) is 48.6. The minimum atomic E-state index is 0.107. The number of aryl methyl sites for hydroxylation is 20. The van der Waals surface area contributed by atoms with Gasteiger partial charge in [0.05, 0.1) is 46.4 Å². The minimum absolute atomic E-state index is 0.107. The zero-order chi connectivity index (χ0) is 106. The normalized spacial score (nSPS) is 10.9. The molecule has 0 radical (unpaired) electrons. The predicted octanol–water partition coefficient (Wildman–Crippen LogP) is 13.3. The van der Waals surface area contributed by atoms with E-state index in [4.69, 9.17) is 55.3 Å². The Bertz CT molecular complexity index is 6840. The van der Waals surface area contributed by atoms with E-state index in [0.717, 1.165) is 189 Å². The van der Waals surface area contributed by atoms with Gasteiger partial charge in [-0.1, -0.05) is 20.8 Å². The van der Waals surface area contributed by atoms with Crippen LogP contribution in [0.3, 0.4) is 0 Å². The van der Waals surface area contributed by atoms with Crippen molar-refractivity contribution < 1.29 is 9.47 Å². The van der Waals surface area contributed by atoms with Gasteiger partial charge in [-0.15, -0.1) is 10.2 Å². The van der Waals surface area contributed by atoms with E-state index >= 15 is 0 Å². The molecule has 0 bridgehead atoms. The lowest BCUT2D eigenvalue weighted by Gasteiger charge is -2.11. The standard InChI is InChI=1S/C14H21N5O.C14H21N5.C13H19N5O.2C13H19N5.2C12H17N5.C11H15N5/c1-5-19-12(7-13(18-19)20-9(2)3)6-11-8-16-10(4)17-14(11)15;1-5-12-7-13(19(18-12)9(2)3)6-11-8-16-10(4)17-14(11)15;1-8(2)19-12-6-11(18(4)17-12)5-10-7-15-9(3)16-13(10)14;1-8(2)18-12(5-9(3)17-18)6-11-7-15-10(4)16-13(11)14;1-4-11-7-12(18(5-2)17-11)6-10-8-15-9(3)16-13(10)14;1-4-10-6-11(17(3)16-10)5-9-7-14-8(2)15-12(9)13;1-4-17-11(5-8(2)16-17)6-10-7-14-9(3)15-12(10)13;1-7-4-10(16(3)15-7)5-9-6-13-8(2)14-11(9)12/h7-9H,5-6H2,1-4H3,(H2,15,16,17);7-9H,5-6H2,1-4H3,(H2,15,16,17);6-8H,5H2,1-4H3,(H2,14,15,16);5,7-8H,6H2,1-4H3,(H2,14,15,16);7-8H,4-6H2,1-3H3,(H2,14,15,16);6-7H,4-5H2,1-3H3,(H2,13,14,15);5,7H,4,6H2,1-3H3,(H2,13,14,15);4,6H,5H2,1-3H3,(H2,12,13,14). The average molecular weight is 1970 g/mol. The number of ether oxygens (including phenoxy) is 2. The lowest BCUT2D eigenvalue weighted by Crippen LogP contribution is -2.10. The van der Waals surface area contributed by atoms with Crippen LogP contribution in [-0.4, -0.2) is 170 Å². The van der Waals surface area contributed by atoms with E-state index in [9.17, 15) is 0 Å². The zero-order valence-electron chi connectivity index (χ0n) is 89.2. The molecule has 16 N–H and O–H groups in total. The number of nitrogens with zero attached hydrogens (tertiary/aromatic N) is 32. The van der Waals surface area contributed by atoms with Crippen LogP contribution in [0, 0.1) is 76.2 Å². The first-order chi connectivity index (χ1) is 68.3. The van der Waals surface area contributed by atoms with Gasteiger partial charge in [0.25, 0.3) is 0 Å². The summed E-state index contributed by atoms with van der Waals surface area (Å²) in [7, 11) is 5.75. The van der Waals surface area contributed by atoms with E-state index in [1.54, 1.807) is 54.3 Å². The highest BCUT2D eigenvalue weighted by molar-refractivity contribution is 5.47. The molecule has 0 saturated heterocycles. The molecule has 144 heavy (non-hydrogen) atoms. The molecule has 16 aromatic heterocycles. The number of hydrogen-bond donors (Lipinski definition) is 8. The Hall–Kier alpha value is -15.7. The van der Waals surface area contributed by atoms with Gasteiger partial charge in [0, 0.05) is 256 Å². The summed E-state index contributed by atoms with van der Waals surface area (Å²) in [5.41, 5.74) is 70.0. The first kappa shape index (κ1) is 112. The molecule has 16 aromatic rings. The van der Waals surface area contributed by atoms with Crippen LogP contribution in [0.1, 0.15) is 280 Å². The van der Waals surface area contributed by atoms with Gasteiger partial charge in [-0.25, -0.2) is 79.7 Å². The van der Waals surface area contributed by atoms with Gasteiger partial charge in [-0.05, 0) is 208 Å². The second-order valence-corrected chi connectivity index (χ2v) is 36.0. The molecule has 0 aliphatic rings. The van der Waals surface area contributed by atoms with Crippen LogP contribution in [0.4, 0.5) is 46.5 Å². The van der Waals surface area contributed by atoms with Crippen LogP contribution < -0.4 is 55.3 Å². The number of hydrogen-bond acceptors (Lipinski definition) is 34. The molecule has 42 nitrogen and oxygen atoms in total. The number of nitrogens with two attached hydrogens (primary N) is 8. The smallest absolute Gasteiger partial charge is 0.233 e. The van der Waals surface area contributed by atoms with Crippen molar-refractivity contribution in [2.45, 2.75) is 288 Å².